The summed E-state index contributed by atoms with van der Waals surface area (Å²) in [6.45, 7) is 2.74. The number of thiophene rings is 1. The highest BCUT2D eigenvalue weighted by atomic mass is 32.1. The Labute approximate surface area is 197 Å². The van der Waals surface area contributed by atoms with Crippen molar-refractivity contribution in [3.8, 4) is 0 Å². The van der Waals surface area contributed by atoms with Crippen LogP contribution in [0.25, 0.3) is 16.7 Å². The number of carbonyl (C=O) groups excluding carboxylic acids is 2. The van der Waals surface area contributed by atoms with Crippen LogP contribution in [0.5, 0.6) is 0 Å². The normalized spacial score (nSPS) is 16.4. The smallest absolute Gasteiger partial charge is 0.341 e. The van der Waals surface area contributed by atoms with E-state index >= 15 is 0 Å². The van der Waals surface area contributed by atoms with E-state index in [0.717, 1.165) is 12.8 Å². The Morgan fingerprint density at radius 2 is 2.18 bits per heavy atom. The molecule has 9 nitrogen and oxygen atoms in total. The lowest BCUT2D eigenvalue weighted by Crippen LogP contribution is -2.35. The predicted molar refractivity (Wildman–Crippen MR) is 126 cm³/mol. The van der Waals surface area contributed by atoms with Crippen molar-refractivity contribution in [3.63, 3.8) is 0 Å². The molecule has 0 aliphatic carbocycles. The van der Waals surface area contributed by atoms with Gasteiger partial charge in [0.2, 0.25) is 0 Å². The molecule has 1 aliphatic heterocycles. The molecule has 0 aromatic carbocycles. The van der Waals surface area contributed by atoms with Crippen molar-refractivity contribution in [2.24, 2.45) is 4.99 Å². The molecule has 0 radical (unpaired) electrons. The second-order valence-corrected chi connectivity index (χ2v) is 8.77. The van der Waals surface area contributed by atoms with Crippen LogP contribution >= 0.6 is 11.3 Å². The topological polar surface area (TPSA) is 104 Å². The number of hydrogen-bond donors (Lipinski definition) is 0. The number of hydrogen-bond acceptors (Lipinski definition) is 7. The van der Waals surface area contributed by atoms with Gasteiger partial charge in [0, 0.05) is 12.8 Å². The van der Waals surface area contributed by atoms with E-state index in [9.17, 15) is 14.4 Å². The minimum Gasteiger partial charge on any atom is -0.462 e. The van der Waals surface area contributed by atoms with E-state index in [1.54, 1.807) is 53.4 Å². The number of ether oxygens (including phenoxy) is 2. The maximum atomic E-state index is 13.4. The maximum absolute atomic E-state index is 13.4. The number of nitrogens with zero attached hydrogens (tertiary/aromatic N) is 4. The largest absolute Gasteiger partial charge is 0.462 e. The lowest BCUT2D eigenvalue weighted by Gasteiger charge is -2.17. The standard InChI is InChI=1S/C24H22N4O5S/c1-2-32-24(31)17-13-16-20(25-19-9-3-4-10-27(19)23(16)30)28(14-15-7-5-11-33-15)21(17)26-22(29)18-8-6-12-34-18/h3-4,6,8-10,12-13,15H,2,5,7,11,14H2,1H3. The van der Waals surface area contributed by atoms with Gasteiger partial charge in [0.05, 0.1) is 29.5 Å². The average molecular weight is 479 g/mol. The summed E-state index contributed by atoms with van der Waals surface area (Å²) in [6.07, 6.45) is 3.17. The van der Waals surface area contributed by atoms with Gasteiger partial charge in [-0.25, -0.2) is 9.78 Å². The number of aromatic nitrogens is 3. The number of fused-ring (bicyclic) bond motifs is 2. The van der Waals surface area contributed by atoms with Crippen LogP contribution in [0.3, 0.4) is 0 Å². The first-order chi connectivity index (χ1) is 16.6. The fraction of sp³-hybridized carbons (Fsp3) is 0.292. The van der Waals surface area contributed by atoms with E-state index < -0.39 is 11.9 Å². The van der Waals surface area contributed by atoms with Crippen molar-refractivity contribution in [1.29, 1.82) is 0 Å². The molecule has 1 atom stereocenters. The molecule has 4 aromatic heterocycles. The van der Waals surface area contributed by atoms with Crippen LogP contribution in [0.15, 0.2) is 57.8 Å². The van der Waals surface area contributed by atoms with Crippen molar-refractivity contribution in [2.45, 2.75) is 32.4 Å². The maximum Gasteiger partial charge on any atom is 0.341 e. The van der Waals surface area contributed by atoms with E-state index in [0.29, 0.717) is 22.8 Å². The third-order valence-electron chi connectivity index (χ3n) is 5.63. The Morgan fingerprint density at radius 3 is 2.91 bits per heavy atom. The molecule has 10 heteroatoms. The van der Waals surface area contributed by atoms with Crippen molar-refractivity contribution in [3.05, 3.63) is 74.3 Å². The quantitative estimate of drug-likeness (QED) is 0.323. The van der Waals surface area contributed by atoms with Crippen LogP contribution in [0.4, 0.5) is 0 Å². The molecule has 4 aromatic rings. The molecule has 5 heterocycles. The Morgan fingerprint density at radius 1 is 1.29 bits per heavy atom. The summed E-state index contributed by atoms with van der Waals surface area (Å²) in [6, 6.07) is 10.1. The van der Waals surface area contributed by atoms with Gasteiger partial charge in [-0.2, -0.15) is 4.99 Å². The molecule has 1 amide bonds. The Kier molecular flexibility index (Phi) is 6.08. The Balaban J connectivity index is 1.87. The second-order valence-electron chi connectivity index (χ2n) is 7.83. The predicted octanol–water partition coefficient (Wildman–Crippen LogP) is 2.81. The fourth-order valence-corrected chi connectivity index (χ4v) is 4.68. The Hall–Kier alpha value is -3.63. The molecule has 1 unspecified atom stereocenters. The van der Waals surface area contributed by atoms with Gasteiger partial charge in [-0.3, -0.25) is 14.0 Å². The first-order valence-electron chi connectivity index (χ1n) is 11.0. The highest BCUT2D eigenvalue weighted by molar-refractivity contribution is 7.12. The summed E-state index contributed by atoms with van der Waals surface area (Å²) in [5.74, 6) is -1.15. The van der Waals surface area contributed by atoms with Gasteiger partial charge in [-0.05, 0) is 49.4 Å². The van der Waals surface area contributed by atoms with Gasteiger partial charge in [-0.15, -0.1) is 11.3 Å². The molecule has 0 spiro atoms. The highest BCUT2D eigenvalue weighted by Crippen LogP contribution is 2.18. The molecule has 5 rings (SSSR count). The van der Waals surface area contributed by atoms with E-state index in [-0.39, 0.29) is 41.3 Å². The van der Waals surface area contributed by atoms with Gasteiger partial charge in [-0.1, -0.05) is 12.1 Å². The number of carbonyl (C=O) groups is 2. The van der Waals surface area contributed by atoms with Crippen LogP contribution < -0.4 is 11.0 Å². The summed E-state index contributed by atoms with van der Waals surface area (Å²) in [7, 11) is 0. The molecule has 1 saturated heterocycles. The van der Waals surface area contributed by atoms with Crippen molar-refractivity contribution < 1.29 is 19.1 Å². The first-order valence-corrected chi connectivity index (χ1v) is 11.9. The highest BCUT2D eigenvalue weighted by Gasteiger charge is 2.24. The van der Waals surface area contributed by atoms with Crippen LogP contribution in [0.2, 0.25) is 0 Å². The van der Waals surface area contributed by atoms with Crippen molar-refractivity contribution >= 4 is 39.9 Å². The molecule has 0 N–H and O–H groups in total. The minimum atomic E-state index is -0.666. The fourth-order valence-electron chi connectivity index (χ4n) is 4.07. The lowest BCUT2D eigenvalue weighted by atomic mass is 10.2. The number of amides is 1. The molecule has 0 saturated carbocycles. The van der Waals surface area contributed by atoms with Crippen molar-refractivity contribution in [2.75, 3.05) is 13.2 Å². The van der Waals surface area contributed by atoms with Gasteiger partial charge >= 0.3 is 5.97 Å². The molecular weight excluding hydrogens is 456 g/mol. The number of rotatable bonds is 5. The Bertz CT molecular complexity index is 1510. The first kappa shape index (κ1) is 22.2. The van der Waals surface area contributed by atoms with Crippen LogP contribution in [0, 0.1) is 0 Å². The van der Waals surface area contributed by atoms with E-state index in [1.807, 2.05) is 0 Å². The molecule has 1 aliphatic rings. The van der Waals surface area contributed by atoms with Gasteiger partial charge in [0.25, 0.3) is 11.5 Å². The van der Waals surface area contributed by atoms with Gasteiger partial charge in [0.15, 0.2) is 5.49 Å². The van der Waals surface area contributed by atoms with Crippen LogP contribution in [-0.2, 0) is 16.0 Å². The lowest BCUT2D eigenvalue weighted by molar-refractivity contribution is 0.0521. The average Bonchev–Trinajstić information content (AvgIpc) is 3.55. The van der Waals surface area contributed by atoms with Gasteiger partial charge in [0.1, 0.15) is 16.9 Å². The van der Waals surface area contributed by atoms with Crippen LogP contribution in [-0.4, -0.2) is 45.1 Å². The zero-order chi connectivity index (χ0) is 23.7. The van der Waals surface area contributed by atoms with Crippen molar-refractivity contribution in [1.82, 2.24) is 14.0 Å². The second kappa shape index (κ2) is 9.32. The molecular formula is C24H22N4O5S. The summed E-state index contributed by atoms with van der Waals surface area (Å²) >= 11 is 1.26. The third-order valence-corrected chi connectivity index (χ3v) is 6.49. The third kappa shape index (κ3) is 4.06. The SMILES string of the molecule is CCOC(=O)c1cc2c(=O)n3ccccc3nc2n(CC2CCCO2)c1=NC(=O)c1cccs1. The molecule has 1 fully saturated rings. The number of esters is 1. The molecule has 34 heavy (non-hydrogen) atoms. The van der Waals surface area contributed by atoms with Crippen LogP contribution in [0.1, 0.15) is 39.8 Å². The molecule has 174 valence electrons. The number of pyridine rings is 2. The van der Waals surface area contributed by atoms with E-state index in [2.05, 4.69) is 4.99 Å². The minimum absolute atomic E-state index is 0.0343. The van der Waals surface area contributed by atoms with E-state index in [4.69, 9.17) is 14.5 Å². The summed E-state index contributed by atoms with van der Waals surface area (Å²) in [5, 5.41) is 2.01. The summed E-state index contributed by atoms with van der Waals surface area (Å²) in [4.78, 5) is 48.8. The zero-order valence-corrected chi connectivity index (χ0v) is 19.3. The monoisotopic (exact) mass is 478 g/mol. The molecule has 0 bridgehead atoms. The summed E-state index contributed by atoms with van der Waals surface area (Å²) < 4.78 is 14.2. The summed E-state index contributed by atoms with van der Waals surface area (Å²) in [5.41, 5.74) is 0.584. The van der Waals surface area contributed by atoms with Gasteiger partial charge < -0.3 is 14.0 Å². The zero-order valence-electron chi connectivity index (χ0n) is 18.5. The van der Waals surface area contributed by atoms with E-state index in [1.165, 1.54) is 21.8 Å².